The second kappa shape index (κ2) is 5.00. The molecule has 1 unspecified atom stereocenters. The maximum atomic E-state index is 6.17. The molecule has 1 saturated heterocycles. The molecule has 1 aliphatic carbocycles. The SMILES string of the molecule is Brc1ccc(C2CNCC3(CCCC3)CO2)s1. The largest absolute Gasteiger partial charge is 0.371 e. The monoisotopic (exact) mass is 315 g/mol. The summed E-state index contributed by atoms with van der Waals surface area (Å²) in [5.74, 6) is 0. The van der Waals surface area contributed by atoms with E-state index in [1.54, 1.807) is 11.3 Å². The molecular weight excluding hydrogens is 298 g/mol. The molecule has 1 aromatic heterocycles. The van der Waals surface area contributed by atoms with Crippen molar-refractivity contribution in [2.24, 2.45) is 5.41 Å². The molecule has 1 atom stereocenters. The third kappa shape index (κ3) is 2.60. The van der Waals surface area contributed by atoms with Crippen molar-refractivity contribution in [2.75, 3.05) is 19.7 Å². The molecule has 0 amide bonds. The molecule has 3 rings (SSSR count). The summed E-state index contributed by atoms with van der Waals surface area (Å²) in [5.41, 5.74) is 0.434. The zero-order valence-corrected chi connectivity index (χ0v) is 12.3. The molecule has 4 heteroatoms. The highest BCUT2D eigenvalue weighted by molar-refractivity contribution is 9.11. The fraction of sp³-hybridized carbons (Fsp3) is 0.692. The Morgan fingerprint density at radius 1 is 1.35 bits per heavy atom. The highest BCUT2D eigenvalue weighted by Gasteiger charge is 2.36. The van der Waals surface area contributed by atoms with Gasteiger partial charge in [0, 0.05) is 23.4 Å². The molecule has 0 bridgehead atoms. The maximum absolute atomic E-state index is 6.17. The summed E-state index contributed by atoms with van der Waals surface area (Å²) in [5, 5.41) is 3.60. The molecule has 2 fully saturated rings. The minimum Gasteiger partial charge on any atom is -0.371 e. The minimum atomic E-state index is 0.242. The predicted molar refractivity (Wildman–Crippen MR) is 74.5 cm³/mol. The van der Waals surface area contributed by atoms with Gasteiger partial charge in [-0.2, -0.15) is 0 Å². The van der Waals surface area contributed by atoms with Gasteiger partial charge in [-0.15, -0.1) is 11.3 Å². The summed E-state index contributed by atoms with van der Waals surface area (Å²) in [6, 6.07) is 4.29. The molecule has 0 radical (unpaired) electrons. The molecule has 2 nitrogen and oxygen atoms in total. The normalized spacial score (nSPS) is 28.4. The van der Waals surface area contributed by atoms with Gasteiger partial charge in [0.05, 0.1) is 10.4 Å². The van der Waals surface area contributed by atoms with E-state index in [2.05, 4.69) is 33.4 Å². The van der Waals surface area contributed by atoms with Crippen molar-refractivity contribution in [1.82, 2.24) is 5.32 Å². The van der Waals surface area contributed by atoms with Gasteiger partial charge < -0.3 is 10.1 Å². The molecule has 1 aromatic rings. The van der Waals surface area contributed by atoms with Crippen molar-refractivity contribution in [3.63, 3.8) is 0 Å². The van der Waals surface area contributed by atoms with E-state index in [-0.39, 0.29) is 6.10 Å². The molecule has 2 aliphatic rings. The summed E-state index contributed by atoms with van der Waals surface area (Å²) >= 11 is 5.31. The highest BCUT2D eigenvalue weighted by atomic mass is 79.9. The second-order valence-electron chi connectivity index (χ2n) is 5.28. The predicted octanol–water partition coefficient (Wildman–Crippen LogP) is 3.73. The van der Waals surface area contributed by atoms with Crippen molar-refractivity contribution in [3.05, 3.63) is 20.8 Å². The number of thiophene rings is 1. The average Bonchev–Trinajstić information content (AvgIpc) is 2.87. The van der Waals surface area contributed by atoms with Gasteiger partial charge in [-0.25, -0.2) is 0 Å². The Morgan fingerprint density at radius 3 is 2.88 bits per heavy atom. The summed E-state index contributed by atoms with van der Waals surface area (Å²) in [7, 11) is 0. The van der Waals surface area contributed by atoms with Crippen LogP contribution in [-0.2, 0) is 4.74 Å². The van der Waals surface area contributed by atoms with Crippen LogP contribution in [0.4, 0.5) is 0 Å². The maximum Gasteiger partial charge on any atom is 0.104 e. The first-order valence-electron chi connectivity index (χ1n) is 6.35. The van der Waals surface area contributed by atoms with Gasteiger partial charge in [-0.05, 0) is 40.9 Å². The standard InChI is InChI=1S/C13H18BrNOS/c14-12-4-3-11(17-12)10-7-15-8-13(9-16-10)5-1-2-6-13/h3-4,10,15H,1-2,5-9H2. The number of nitrogens with one attached hydrogen (secondary N) is 1. The molecule has 0 aromatic carbocycles. The van der Waals surface area contributed by atoms with Crippen LogP contribution < -0.4 is 5.32 Å². The smallest absolute Gasteiger partial charge is 0.104 e. The molecule has 94 valence electrons. The van der Waals surface area contributed by atoms with Gasteiger partial charge in [0.2, 0.25) is 0 Å². The topological polar surface area (TPSA) is 21.3 Å². The molecule has 17 heavy (non-hydrogen) atoms. The molecule has 1 aliphatic heterocycles. The zero-order chi connectivity index (χ0) is 11.7. The first kappa shape index (κ1) is 12.2. The van der Waals surface area contributed by atoms with Crippen LogP contribution >= 0.6 is 27.3 Å². The van der Waals surface area contributed by atoms with Crippen LogP contribution in [0.3, 0.4) is 0 Å². The summed E-state index contributed by atoms with van der Waals surface area (Å²) < 4.78 is 7.36. The van der Waals surface area contributed by atoms with Crippen LogP contribution in [-0.4, -0.2) is 19.7 Å². The van der Waals surface area contributed by atoms with Gasteiger partial charge >= 0.3 is 0 Å². The van der Waals surface area contributed by atoms with Gasteiger partial charge in [0.1, 0.15) is 6.10 Å². The summed E-state index contributed by atoms with van der Waals surface area (Å²) in [4.78, 5) is 1.33. The average molecular weight is 316 g/mol. The Hall–Kier alpha value is 0.1000. The number of hydrogen-bond acceptors (Lipinski definition) is 3. The van der Waals surface area contributed by atoms with Gasteiger partial charge in [-0.3, -0.25) is 0 Å². The quantitative estimate of drug-likeness (QED) is 0.852. The number of halogens is 1. The Kier molecular flexibility index (Phi) is 3.57. The molecule has 1 saturated carbocycles. The summed E-state index contributed by atoms with van der Waals surface area (Å²) in [6.45, 7) is 3.02. The van der Waals surface area contributed by atoms with Crippen molar-refractivity contribution in [3.8, 4) is 0 Å². The van der Waals surface area contributed by atoms with E-state index >= 15 is 0 Å². The second-order valence-corrected chi connectivity index (χ2v) is 7.77. The van der Waals surface area contributed by atoms with Crippen LogP contribution in [0, 0.1) is 5.41 Å². The van der Waals surface area contributed by atoms with Gasteiger partial charge in [0.15, 0.2) is 0 Å². The first-order chi connectivity index (χ1) is 8.27. The van der Waals surface area contributed by atoms with Crippen LogP contribution in [0.25, 0.3) is 0 Å². The highest BCUT2D eigenvalue weighted by Crippen LogP contribution is 2.41. The van der Waals surface area contributed by atoms with Crippen molar-refractivity contribution in [1.29, 1.82) is 0 Å². The van der Waals surface area contributed by atoms with Crippen LogP contribution in [0.2, 0.25) is 0 Å². The van der Waals surface area contributed by atoms with E-state index in [4.69, 9.17) is 4.74 Å². The van der Waals surface area contributed by atoms with E-state index in [1.807, 2.05) is 0 Å². The number of rotatable bonds is 1. The Morgan fingerprint density at radius 2 is 2.18 bits per heavy atom. The summed E-state index contributed by atoms with van der Waals surface area (Å²) in [6.07, 6.45) is 5.66. The third-order valence-electron chi connectivity index (χ3n) is 4.00. The fourth-order valence-corrected chi connectivity index (χ4v) is 4.46. The third-order valence-corrected chi connectivity index (χ3v) is 5.71. The molecule has 1 spiro atoms. The van der Waals surface area contributed by atoms with Crippen LogP contribution in [0.1, 0.15) is 36.7 Å². The van der Waals surface area contributed by atoms with E-state index in [9.17, 15) is 0 Å². The minimum absolute atomic E-state index is 0.242. The fourth-order valence-electron chi connectivity index (χ4n) is 2.99. The van der Waals surface area contributed by atoms with E-state index in [1.165, 1.54) is 34.3 Å². The first-order valence-corrected chi connectivity index (χ1v) is 7.96. The van der Waals surface area contributed by atoms with Crippen LogP contribution in [0.5, 0.6) is 0 Å². The van der Waals surface area contributed by atoms with Gasteiger partial charge in [0.25, 0.3) is 0 Å². The number of ether oxygens (including phenoxy) is 1. The lowest BCUT2D eigenvalue weighted by Crippen LogP contribution is -2.32. The van der Waals surface area contributed by atoms with Gasteiger partial charge in [-0.1, -0.05) is 12.8 Å². The van der Waals surface area contributed by atoms with E-state index < -0.39 is 0 Å². The lowest BCUT2D eigenvalue weighted by Gasteiger charge is -2.26. The lowest BCUT2D eigenvalue weighted by atomic mass is 9.87. The molecule has 1 N–H and O–H groups in total. The molecule has 2 heterocycles. The van der Waals surface area contributed by atoms with Crippen molar-refractivity contribution < 1.29 is 4.74 Å². The molecular formula is C13H18BrNOS. The van der Waals surface area contributed by atoms with Crippen molar-refractivity contribution in [2.45, 2.75) is 31.8 Å². The Balaban J connectivity index is 1.69. The Labute approximate surface area is 115 Å². The Bertz CT molecular complexity index is 387. The zero-order valence-electron chi connectivity index (χ0n) is 9.88. The van der Waals surface area contributed by atoms with Crippen LogP contribution in [0.15, 0.2) is 15.9 Å². The lowest BCUT2D eigenvalue weighted by molar-refractivity contribution is 0.0175. The van der Waals surface area contributed by atoms with Crippen molar-refractivity contribution >= 4 is 27.3 Å². The van der Waals surface area contributed by atoms with E-state index in [0.29, 0.717) is 5.41 Å². The number of hydrogen-bond donors (Lipinski definition) is 1. The van der Waals surface area contributed by atoms with E-state index in [0.717, 1.165) is 19.7 Å².